The molecular formula is C47H31NO. The molecule has 0 spiro atoms. The van der Waals surface area contributed by atoms with Crippen molar-refractivity contribution in [1.82, 2.24) is 4.57 Å². The summed E-state index contributed by atoms with van der Waals surface area (Å²) in [6.07, 6.45) is 0.845. The maximum Gasteiger partial charge on any atom is 0.136 e. The number of nitrogens with zero attached hydrogens (tertiary/aromatic N) is 1. The number of fused-ring (bicyclic) bond motifs is 8. The zero-order valence-electron chi connectivity index (χ0n) is 26.8. The Hall–Kier alpha value is -6.38. The van der Waals surface area contributed by atoms with Crippen LogP contribution in [0.1, 0.15) is 11.1 Å². The first-order chi connectivity index (χ1) is 24.3. The van der Waals surface area contributed by atoms with Gasteiger partial charge in [0.05, 0.1) is 11.0 Å². The highest BCUT2D eigenvalue weighted by molar-refractivity contribution is 6.19. The summed E-state index contributed by atoms with van der Waals surface area (Å²) in [4.78, 5) is 0. The Balaban J connectivity index is 0.914. The van der Waals surface area contributed by atoms with E-state index in [4.69, 9.17) is 4.42 Å². The Morgan fingerprint density at radius 2 is 0.857 bits per heavy atom. The molecule has 2 aromatic heterocycles. The van der Waals surface area contributed by atoms with Crippen LogP contribution in [0.2, 0.25) is 0 Å². The fourth-order valence-electron chi connectivity index (χ4n) is 7.70. The van der Waals surface area contributed by atoms with Gasteiger partial charge in [-0.3, -0.25) is 0 Å². The van der Waals surface area contributed by atoms with Crippen molar-refractivity contribution in [1.29, 1.82) is 0 Å². The molecule has 2 heteroatoms. The van der Waals surface area contributed by atoms with Crippen molar-refractivity contribution >= 4 is 54.5 Å². The molecule has 0 aliphatic rings. The molecule has 49 heavy (non-hydrogen) atoms. The largest absolute Gasteiger partial charge is 0.456 e. The first-order valence-corrected chi connectivity index (χ1v) is 16.9. The molecule has 0 N–H and O–H groups in total. The van der Waals surface area contributed by atoms with E-state index < -0.39 is 0 Å². The van der Waals surface area contributed by atoms with Crippen molar-refractivity contribution in [2.24, 2.45) is 0 Å². The van der Waals surface area contributed by atoms with Crippen molar-refractivity contribution in [3.05, 3.63) is 187 Å². The Morgan fingerprint density at radius 1 is 0.388 bits per heavy atom. The molecule has 0 unspecified atom stereocenters. The maximum atomic E-state index is 6.31. The first-order valence-electron chi connectivity index (χ1n) is 16.9. The van der Waals surface area contributed by atoms with E-state index in [2.05, 4.69) is 174 Å². The van der Waals surface area contributed by atoms with Gasteiger partial charge in [-0.1, -0.05) is 140 Å². The number of hydrogen-bond acceptors (Lipinski definition) is 1. The summed E-state index contributed by atoms with van der Waals surface area (Å²) in [5, 5.41) is 7.47. The molecule has 10 rings (SSSR count). The minimum atomic E-state index is 0.845. The molecule has 0 aliphatic carbocycles. The van der Waals surface area contributed by atoms with Crippen molar-refractivity contribution in [3.63, 3.8) is 0 Å². The molecule has 0 radical (unpaired) electrons. The van der Waals surface area contributed by atoms with Crippen LogP contribution in [0.4, 0.5) is 0 Å². The third-order valence-corrected chi connectivity index (χ3v) is 10.1. The SMILES string of the molecule is c1ccc2c(c1)oc1cc(Cc3ccc(-c4ccc(-c5ccc(-n6c7ccccc7c7ccccc76)cc5)cc4)cc3)c3ccccc3c12. The van der Waals surface area contributed by atoms with Gasteiger partial charge in [-0.2, -0.15) is 0 Å². The molecule has 0 atom stereocenters. The first kappa shape index (κ1) is 27.7. The second kappa shape index (κ2) is 11.1. The van der Waals surface area contributed by atoms with E-state index in [-0.39, 0.29) is 0 Å². The van der Waals surface area contributed by atoms with Gasteiger partial charge in [0, 0.05) is 27.2 Å². The number of furan rings is 1. The third-order valence-electron chi connectivity index (χ3n) is 10.1. The Bertz CT molecular complexity index is 2760. The van der Waals surface area contributed by atoms with Crippen LogP contribution in [0.3, 0.4) is 0 Å². The number of hydrogen-bond donors (Lipinski definition) is 0. The second-order valence-corrected chi connectivity index (χ2v) is 12.9. The normalized spacial score (nSPS) is 11.8. The minimum absolute atomic E-state index is 0.845. The monoisotopic (exact) mass is 625 g/mol. The summed E-state index contributed by atoms with van der Waals surface area (Å²) < 4.78 is 8.67. The number of rotatable bonds is 5. The lowest BCUT2D eigenvalue weighted by atomic mass is 9.94. The van der Waals surface area contributed by atoms with Crippen LogP contribution in [0.25, 0.3) is 82.5 Å². The highest BCUT2D eigenvalue weighted by Crippen LogP contribution is 2.37. The second-order valence-electron chi connectivity index (χ2n) is 12.9. The van der Waals surface area contributed by atoms with E-state index in [1.54, 1.807) is 0 Å². The molecule has 2 heterocycles. The van der Waals surface area contributed by atoms with E-state index in [0.29, 0.717) is 0 Å². The zero-order valence-corrected chi connectivity index (χ0v) is 26.8. The summed E-state index contributed by atoms with van der Waals surface area (Å²) in [6, 6.07) is 63.4. The van der Waals surface area contributed by atoms with E-state index in [0.717, 1.165) is 17.6 Å². The number of benzene rings is 8. The molecule has 0 amide bonds. The molecule has 0 bridgehead atoms. The Labute approximate surface area is 284 Å². The van der Waals surface area contributed by atoms with Crippen LogP contribution < -0.4 is 0 Å². The van der Waals surface area contributed by atoms with Crippen molar-refractivity contribution in [3.8, 4) is 27.9 Å². The highest BCUT2D eigenvalue weighted by atomic mass is 16.3. The van der Waals surface area contributed by atoms with Gasteiger partial charge in [0.1, 0.15) is 11.2 Å². The predicted molar refractivity (Wildman–Crippen MR) is 206 cm³/mol. The third kappa shape index (κ3) is 4.57. The van der Waals surface area contributed by atoms with Gasteiger partial charge in [0.2, 0.25) is 0 Å². The predicted octanol–water partition coefficient (Wildman–Crippen LogP) is 12.8. The van der Waals surface area contributed by atoms with Crippen LogP contribution in [-0.2, 0) is 6.42 Å². The van der Waals surface area contributed by atoms with Crippen LogP contribution in [0.15, 0.2) is 180 Å². The fraction of sp³-hybridized carbons (Fsp3) is 0.0213. The summed E-state index contributed by atoms with van der Waals surface area (Å²) in [7, 11) is 0. The van der Waals surface area contributed by atoms with Crippen LogP contribution >= 0.6 is 0 Å². The Kier molecular flexibility index (Phi) is 6.28. The summed E-state index contributed by atoms with van der Waals surface area (Å²) in [5.74, 6) is 0. The van der Waals surface area contributed by atoms with E-state index in [1.807, 2.05) is 6.07 Å². The van der Waals surface area contributed by atoms with E-state index >= 15 is 0 Å². The van der Waals surface area contributed by atoms with Gasteiger partial charge >= 0.3 is 0 Å². The molecular weight excluding hydrogens is 595 g/mol. The summed E-state index contributed by atoms with van der Waals surface area (Å²) in [5.41, 5.74) is 12.9. The lowest BCUT2D eigenvalue weighted by molar-refractivity contribution is 0.668. The van der Waals surface area contributed by atoms with Crippen LogP contribution in [0.5, 0.6) is 0 Å². The van der Waals surface area contributed by atoms with E-state index in [9.17, 15) is 0 Å². The van der Waals surface area contributed by atoms with Gasteiger partial charge < -0.3 is 8.98 Å². The molecule has 0 fully saturated rings. The fourth-order valence-corrected chi connectivity index (χ4v) is 7.70. The number of para-hydroxylation sites is 3. The van der Waals surface area contributed by atoms with Crippen molar-refractivity contribution in [2.75, 3.05) is 0 Å². The quantitative estimate of drug-likeness (QED) is 0.186. The molecule has 0 aliphatic heterocycles. The average molecular weight is 626 g/mol. The van der Waals surface area contributed by atoms with Crippen LogP contribution in [0, 0.1) is 0 Å². The molecule has 2 nitrogen and oxygen atoms in total. The maximum absolute atomic E-state index is 6.31. The van der Waals surface area contributed by atoms with Gasteiger partial charge in [0.25, 0.3) is 0 Å². The molecule has 0 saturated heterocycles. The molecule has 0 saturated carbocycles. The van der Waals surface area contributed by atoms with Gasteiger partial charge in [-0.05, 0) is 87.0 Å². The average Bonchev–Trinajstić information content (AvgIpc) is 3.71. The molecule has 230 valence electrons. The summed E-state index contributed by atoms with van der Waals surface area (Å²) >= 11 is 0. The van der Waals surface area contributed by atoms with Gasteiger partial charge in [-0.15, -0.1) is 0 Å². The van der Waals surface area contributed by atoms with Crippen molar-refractivity contribution in [2.45, 2.75) is 6.42 Å². The van der Waals surface area contributed by atoms with Crippen molar-refractivity contribution < 1.29 is 4.42 Å². The van der Waals surface area contributed by atoms with Gasteiger partial charge in [0.15, 0.2) is 0 Å². The topological polar surface area (TPSA) is 18.1 Å². The smallest absolute Gasteiger partial charge is 0.136 e. The van der Waals surface area contributed by atoms with Gasteiger partial charge in [-0.25, -0.2) is 0 Å². The lowest BCUT2D eigenvalue weighted by Crippen LogP contribution is -1.93. The highest BCUT2D eigenvalue weighted by Gasteiger charge is 2.15. The summed E-state index contributed by atoms with van der Waals surface area (Å²) in [6.45, 7) is 0. The Morgan fingerprint density at radius 3 is 1.47 bits per heavy atom. The lowest BCUT2D eigenvalue weighted by Gasteiger charge is -2.11. The standard InChI is InChI=1S/C47H31NO/c1-2-12-41-38(9-1)36(30-46-47(41)42-13-5-8-16-45(42)49-46)29-31-17-19-32(20-18-31)33-21-23-34(24-22-33)35-25-27-37(28-26-35)48-43-14-6-3-10-39(43)40-11-4-7-15-44(40)48/h1-28,30H,29H2. The molecule has 10 aromatic rings. The zero-order chi connectivity index (χ0) is 32.3. The van der Waals surface area contributed by atoms with Crippen LogP contribution in [-0.4, -0.2) is 4.57 Å². The van der Waals surface area contributed by atoms with E-state index in [1.165, 1.54) is 82.4 Å². The minimum Gasteiger partial charge on any atom is -0.456 e. The molecule has 8 aromatic carbocycles. The number of aromatic nitrogens is 1.